The summed E-state index contributed by atoms with van der Waals surface area (Å²) in [4.78, 5) is 93.9. The maximum absolute atomic E-state index is 14.4. The van der Waals surface area contributed by atoms with Gasteiger partial charge in [0.2, 0.25) is 0 Å². The van der Waals surface area contributed by atoms with Crippen molar-refractivity contribution in [1.29, 1.82) is 0 Å². The number of carbonyl (C=O) groups excluding carboxylic acids is 6. The third-order valence-electron chi connectivity index (χ3n) is 11.3. The summed E-state index contributed by atoms with van der Waals surface area (Å²) in [5.74, 6) is -3.45. The maximum atomic E-state index is 14.4. The molecule has 0 saturated heterocycles. The molecule has 64 heavy (non-hydrogen) atoms. The van der Waals surface area contributed by atoms with E-state index in [1.54, 1.807) is 24.3 Å². The van der Waals surface area contributed by atoms with Crippen molar-refractivity contribution in [3.63, 3.8) is 0 Å². The van der Waals surface area contributed by atoms with Crippen LogP contribution in [0.5, 0.6) is 0 Å². The summed E-state index contributed by atoms with van der Waals surface area (Å²) in [6.07, 6.45) is 2.77. The molecule has 0 spiro atoms. The highest BCUT2D eigenvalue weighted by molar-refractivity contribution is 7.21. The van der Waals surface area contributed by atoms with Gasteiger partial charge in [-0.25, -0.2) is 19.6 Å². The molecule has 0 amide bonds. The van der Waals surface area contributed by atoms with Gasteiger partial charge in [-0.05, 0) is 69.1 Å². The minimum absolute atomic E-state index is 0.0270. The first-order valence-corrected chi connectivity index (χ1v) is 21.7. The van der Waals surface area contributed by atoms with Crippen molar-refractivity contribution in [3.05, 3.63) is 199 Å². The van der Waals surface area contributed by atoms with Gasteiger partial charge in [-0.15, -0.1) is 22.7 Å². The summed E-state index contributed by atoms with van der Waals surface area (Å²) in [6, 6.07) is 39.9. The van der Waals surface area contributed by atoms with E-state index in [1.165, 1.54) is 12.2 Å². The Morgan fingerprint density at radius 1 is 0.453 bits per heavy atom. The van der Waals surface area contributed by atoms with Gasteiger partial charge < -0.3 is 9.47 Å². The van der Waals surface area contributed by atoms with E-state index in [0.717, 1.165) is 55.3 Å². The molecule has 2 aliphatic rings. The number of rotatable bonds is 8. The van der Waals surface area contributed by atoms with Crippen molar-refractivity contribution in [2.24, 2.45) is 0 Å². The maximum Gasteiger partial charge on any atom is 0.342 e. The Kier molecular flexibility index (Phi) is 9.33. The van der Waals surface area contributed by atoms with Crippen LogP contribution in [0.4, 0.5) is 0 Å². The van der Waals surface area contributed by atoms with Crippen LogP contribution in [-0.4, -0.2) is 45.0 Å². The number of allylic oxidation sites excluding steroid dienone is 2. The molecule has 0 fully saturated rings. The van der Waals surface area contributed by atoms with Gasteiger partial charge in [0.05, 0.1) is 31.6 Å². The number of hydrogen-bond acceptors (Lipinski definition) is 12. The molecule has 0 radical (unpaired) electrons. The lowest BCUT2D eigenvalue weighted by Crippen LogP contribution is -2.10. The van der Waals surface area contributed by atoms with Crippen LogP contribution >= 0.6 is 22.7 Å². The largest absolute Gasteiger partial charge is 0.457 e. The number of ether oxygens (including phenoxy) is 2. The van der Waals surface area contributed by atoms with Gasteiger partial charge in [-0.2, -0.15) is 0 Å². The Morgan fingerprint density at radius 2 is 0.766 bits per heavy atom. The SMILES string of the molecule is O=C1C(=Cc2nc3c(C(=O)OCc4ccccc4)c4sc(C=C5C(=O)c6cc7ccccc7cc6C5=O)nc4c(C(=O)OCc4ccccc4)c3s2)C(=O)c2cc3ccccc3cc21. The van der Waals surface area contributed by atoms with Crippen molar-refractivity contribution in [2.75, 3.05) is 0 Å². The van der Waals surface area contributed by atoms with E-state index in [-0.39, 0.29) is 88.2 Å². The van der Waals surface area contributed by atoms with Gasteiger partial charge in [0.15, 0.2) is 23.1 Å². The van der Waals surface area contributed by atoms with Crippen LogP contribution in [0.15, 0.2) is 145 Å². The zero-order chi connectivity index (χ0) is 43.6. The van der Waals surface area contributed by atoms with Gasteiger partial charge in [0.25, 0.3) is 0 Å². The second kappa shape index (κ2) is 15.4. The first-order chi connectivity index (χ1) is 31.2. The lowest BCUT2D eigenvalue weighted by molar-refractivity contribution is 0.0465. The molecule has 2 heterocycles. The van der Waals surface area contributed by atoms with Crippen LogP contribution in [0.2, 0.25) is 0 Å². The average Bonchev–Trinajstić information content (AvgIpc) is 4.05. The number of carbonyl (C=O) groups is 6. The van der Waals surface area contributed by atoms with Gasteiger partial charge in [0.1, 0.15) is 34.4 Å². The first-order valence-electron chi connectivity index (χ1n) is 20.1. The lowest BCUT2D eigenvalue weighted by atomic mass is 10.0. The molecular weight excluding hydrogens is 845 g/mol. The van der Waals surface area contributed by atoms with Crippen molar-refractivity contribution in [2.45, 2.75) is 13.2 Å². The number of aromatic nitrogens is 2. The number of fused-ring (bicyclic) bond motifs is 6. The normalized spacial score (nSPS) is 13.3. The summed E-state index contributed by atoms with van der Waals surface area (Å²) < 4.78 is 12.2. The Labute approximate surface area is 370 Å². The van der Waals surface area contributed by atoms with E-state index < -0.39 is 35.1 Å². The predicted molar refractivity (Wildman–Crippen MR) is 245 cm³/mol. The fourth-order valence-corrected chi connectivity index (χ4v) is 10.3. The van der Waals surface area contributed by atoms with E-state index >= 15 is 0 Å². The Morgan fingerprint density at radius 3 is 1.09 bits per heavy atom. The summed E-state index contributed by atoms with van der Waals surface area (Å²) >= 11 is 1.97. The molecule has 2 aliphatic carbocycles. The van der Waals surface area contributed by atoms with Gasteiger partial charge >= 0.3 is 11.9 Å². The minimum atomic E-state index is -0.783. The van der Waals surface area contributed by atoms with E-state index in [2.05, 4.69) is 0 Å². The van der Waals surface area contributed by atoms with Crippen LogP contribution in [0.3, 0.4) is 0 Å². The molecule has 12 heteroatoms. The molecule has 0 saturated carbocycles. The number of ketones is 4. The van der Waals surface area contributed by atoms with Crippen LogP contribution in [0.25, 0.3) is 54.1 Å². The zero-order valence-electron chi connectivity index (χ0n) is 33.2. The minimum Gasteiger partial charge on any atom is -0.457 e. The van der Waals surface area contributed by atoms with E-state index in [9.17, 15) is 28.8 Å². The Bertz CT molecular complexity index is 3220. The molecule has 0 N–H and O–H groups in total. The Balaban J connectivity index is 1.08. The van der Waals surface area contributed by atoms with Crippen molar-refractivity contribution >= 4 is 112 Å². The molecule has 11 rings (SSSR count). The topological polar surface area (TPSA) is 147 Å². The summed E-state index contributed by atoms with van der Waals surface area (Å²) in [7, 11) is 0. The van der Waals surface area contributed by atoms with Gasteiger partial charge in [-0.1, -0.05) is 109 Å². The number of thiazole rings is 2. The monoisotopic (exact) mass is 872 g/mol. The summed E-state index contributed by atoms with van der Waals surface area (Å²) in [6.45, 7) is -0.183. The van der Waals surface area contributed by atoms with Crippen LogP contribution in [-0.2, 0) is 22.7 Å². The molecule has 0 unspecified atom stereocenters. The van der Waals surface area contributed by atoms with E-state index in [4.69, 9.17) is 19.4 Å². The van der Waals surface area contributed by atoms with Gasteiger partial charge in [-0.3, -0.25) is 19.2 Å². The highest BCUT2D eigenvalue weighted by atomic mass is 32.1. The van der Waals surface area contributed by atoms with Crippen LogP contribution < -0.4 is 0 Å². The molecule has 7 aromatic carbocycles. The average molecular weight is 873 g/mol. The summed E-state index contributed by atoms with van der Waals surface area (Å²) in [5, 5.41) is 3.58. The molecule has 9 aromatic rings. The second-order valence-electron chi connectivity index (χ2n) is 15.3. The van der Waals surface area contributed by atoms with Crippen molar-refractivity contribution in [1.82, 2.24) is 9.97 Å². The summed E-state index contributed by atoms with van der Waals surface area (Å²) in [5.41, 5.74) is 2.37. The number of Topliss-reactive ketones (excluding diaryl/α,β-unsaturated/α-hetero) is 4. The Hall–Kier alpha value is -8.06. The standard InChI is InChI=1S/C52H28N2O8S2/c55-45-33-19-29-15-7-8-16-30(29)20-34(33)46(56)37(45)23-39-53-43-41(51(59)61-25-27-11-3-1-4-12-27)49-44(42(50(43)64-39)52(60)62-26-28-13-5-2-6-14-28)54-40(63-49)24-38-47(57)35-21-31-17-9-10-18-32(31)22-36(35)48(38)58/h1-24H,25-26H2. The molecule has 306 valence electrons. The van der Waals surface area contributed by atoms with E-state index in [0.29, 0.717) is 0 Å². The molecule has 0 aliphatic heterocycles. The highest BCUT2D eigenvalue weighted by Gasteiger charge is 2.37. The lowest BCUT2D eigenvalue weighted by Gasteiger charge is -2.10. The first kappa shape index (κ1) is 38.8. The number of esters is 2. The third kappa shape index (κ3) is 6.55. The second-order valence-corrected chi connectivity index (χ2v) is 17.3. The third-order valence-corrected chi connectivity index (χ3v) is 13.4. The molecule has 2 aromatic heterocycles. The van der Waals surface area contributed by atoms with E-state index in [1.807, 2.05) is 109 Å². The molecule has 0 bridgehead atoms. The molecule has 0 atom stereocenters. The predicted octanol–water partition coefficient (Wildman–Crippen LogP) is 10.9. The fourth-order valence-electron chi connectivity index (χ4n) is 8.19. The number of hydrogen-bond donors (Lipinski definition) is 0. The van der Waals surface area contributed by atoms with Crippen LogP contribution in [0.1, 0.15) is 83.3 Å². The molecular formula is C52H28N2O8S2. The van der Waals surface area contributed by atoms with Crippen molar-refractivity contribution < 1.29 is 38.2 Å². The molecule has 10 nitrogen and oxygen atoms in total. The number of nitrogens with zero attached hydrogens (tertiary/aromatic N) is 2. The number of benzene rings is 7. The van der Waals surface area contributed by atoms with Gasteiger partial charge in [0, 0.05) is 22.3 Å². The van der Waals surface area contributed by atoms with Crippen molar-refractivity contribution in [3.8, 4) is 0 Å². The fraction of sp³-hybridized carbons (Fsp3) is 0.0385. The zero-order valence-corrected chi connectivity index (χ0v) is 34.9. The highest BCUT2D eigenvalue weighted by Crippen LogP contribution is 2.42. The smallest absolute Gasteiger partial charge is 0.342 e. The quantitative estimate of drug-likeness (QED) is 0.0821. The van der Waals surface area contributed by atoms with Crippen LogP contribution in [0, 0.1) is 0 Å².